The van der Waals surface area contributed by atoms with E-state index >= 15 is 0 Å². The molecule has 0 aliphatic heterocycles. The van der Waals surface area contributed by atoms with E-state index in [-0.39, 0.29) is 0 Å². The first-order chi connectivity index (χ1) is 3.72. The highest BCUT2D eigenvalue weighted by Gasteiger charge is 1.95. The summed E-state index contributed by atoms with van der Waals surface area (Å²) in [6.07, 6.45) is 1.82. The van der Waals surface area contributed by atoms with Crippen LogP contribution >= 0.6 is 16.1 Å². The van der Waals surface area contributed by atoms with Gasteiger partial charge in [-0.25, -0.2) is 3.71 Å². The first-order valence-electron chi connectivity index (χ1n) is 2.39. The zero-order valence-corrected chi connectivity index (χ0v) is 6.44. The van der Waals surface area contributed by atoms with Crippen molar-refractivity contribution in [3.63, 3.8) is 0 Å². The lowest BCUT2D eigenvalue weighted by Crippen LogP contribution is -1.83. The molecule has 0 saturated carbocycles. The van der Waals surface area contributed by atoms with E-state index in [1.54, 1.807) is 3.71 Å². The molecule has 0 amide bonds. The van der Waals surface area contributed by atoms with E-state index in [9.17, 15) is 0 Å². The van der Waals surface area contributed by atoms with Gasteiger partial charge < -0.3 is 0 Å². The number of aromatic nitrogens is 2. The number of nitrogens with zero attached hydrogens (tertiary/aromatic N) is 2. The standard InChI is InChI=1S/C5H7BrN2/c1-4-3-7-8(6)5(4)2/h3H,1-2H3. The lowest BCUT2D eigenvalue weighted by molar-refractivity contribution is 0.988. The molecule has 0 bridgehead atoms. The Morgan fingerprint density at radius 1 is 1.62 bits per heavy atom. The van der Waals surface area contributed by atoms with Gasteiger partial charge in [-0.15, -0.1) is 0 Å². The average molecular weight is 175 g/mol. The van der Waals surface area contributed by atoms with Gasteiger partial charge in [-0.1, -0.05) is 0 Å². The fourth-order valence-corrected chi connectivity index (χ4v) is 0.834. The molecule has 1 aromatic heterocycles. The summed E-state index contributed by atoms with van der Waals surface area (Å²) in [5.41, 5.74) is 2.37. The highest BCUT2D eigenvalue weighted by Crippen LogP contribution is 2.05. The summed E-state index contributed by atoms with van der Waals surface area (Å²) in [5, 5.41) is 3.95. The summed E-state index contributed by atoms with van der Waals surface area (Å²) in [6.45, 7) is 4.04. The van der Waals surface area contributed by atoms with Crippen LogP contribution in [0.15, 0.2) is 6.20 Å². The van der Waals surface area contributed by atoms with Crippen molar-refractivity contribution in [2.24, 2.45) is 0 Å². The van der Waals surface area contributed by atoms with Gasteiger partial charge in [-0.2, -0.15) is 5.10 Å². The summed E-state index contributed by atoms with van der Waals surface area (Å²) in [5.74, 6) is 0. The second kappa shape index (κ2) is 1.90. The second-order valence-corrected chi connectivity index (χ2v) is 2.44. The molecule has 1 heterocycles. The fraction of sp³-hybridized carbons (Fsp3) is 0.400. The predicted molar refractivity (Wildman–Crippen MR) is 36.0 cm³/mol. The maximum Gasteiger partial charge on any atom is 0.0746 e. The monoisotopic (exact) mass is 174 g/mol. The number of halogens is 1. The van der Waals surface area contributed by atoms with Crippen molar-refractivity contribution in [1.29, 1.82) is 0 Å². The number of aryl methyl sites for hydroxylation is 1. The molecule has 0 spiro atoms. The quantitative estimate of drug-likeness (QED) is 0.586. The zero-order valence-electron chi connectivity index (χ0n) is 4.85. The van der Waals surface area contributed by atoms with Gasteiger partial charge in [0.15, 0.2) is 0 Å². The van der Waals surface area contributed by atoms with E-state index in [0.29, 0.717) is 0 Å². The number of hydrogen-bond donors (Lipinski definition) is 0. The van der Waals surface area contributed by atoms with Gasteiger partial charge in [0, 0.05) is 0 Å². The van der Waals surface area contributed by atoms with E-state index in [1.165, 1.54) is 5.56 Å². The Morgan fingerprint density at radius 2 is 2.25 bits per heavy atom. The fourth-order valence-electron chi connectivity index (χ4n) is 0.463. The minimum absolute atomic E-state index is 1.16. The zero-order chi connectivity index (χ0) is 6.15. The maximum absolute atomic E-state index is 3.95. The van der Waals surface area contributed by atoms with E-state index in [0.717, 1.165) is 5.69 Å². The normalized spacial score (nSPS) is 9.88. The molecule has 0 radical (unpaired) electrons. The Morgan fingerprint density at radius 3 is 2.38 bits per heavy atom. The van der Waals surface area contributed by atoms with E-state index in [1.807, 2.05) is 20.0 Å². The molecule has 0 saturated heterocycles. The van der Waals surface area contributed by atoms with Crippen LogP contribution in [0.5, 0.6) is 0 Å². The molecule has 3 heteroatoms. The topological polar surface area (TPSA) is 17.8 Å². The van der Waals surface area contributed by atoms with Crippen molar-refractivity contribution in [1.82, 2.24) is 8.81 Å². The third-order valence-electron chi connectivity index (χ3n) is 1.20. The van der Waals surface area contributed by atoms with Crippen LogP contribution < -0.4 is 0 Å². The lowest BCUT2D eigenvalue weighted by atomic mass is 10.3. The van der Waals surface area contributed by atoms with Crippen LogP contribution in [0.1, 0.15) is 11.3 Å². The highest BCUT2D eigenvalue weighted by molar-refractivity contribution is 9.08. The molecule has 0 aromatic carbocycles. The minimum Gasteiger partial charge on any atom is -0.202 e. The maximum atomic E-state index is 3.95. The molecule has 0 N–H and O–H groups in total. The molecule has 0 atom stereocenters. The first kappa shape index (κ1) is 5.82. The third kappa shape index (κ3) is 0.777. The van der Waals surface area contributed by atoms with Crippen molar-refractivity contribution >= 4 is 16.1 Å². The Balaban J connectivity index is 3.19. The first-order valence-corrected chi connectivity index (χ1v) is 3.10. The van der Waals surface area contributed by atoms with Crippen molar-refractivity contribution in [3.8, 4) is 0 Å². The lowest BCUT2D eigenvalue weighted by Gasteiger charge is -1.87. The molecule has 1 aromatic rings. The predicted octanol–water partition coefficient (Wildman–Crippen LogP) is 1.66. The Bertz CT molecular complexity index is 173. The molecule has 44 valence electrons. The highest BCUT2D eigenvalue weighted by atomic mass is 79.9. The smallest absolute Gasteiger partial charge is 0.0746 e. The van der Waals surface area contributed by atoms with Crippen LogP contribution in [0, 0.1) is 13.8 Å². The molecule has 1 rings (SSSR count). The Kier molecular flexibility index (Phi) is 1.38. The third-order valence-corrected chi connectivity index (χ3v) is 1.92. The van der Waals surface area contributed by atoms with Gasteiger partial charge in [0.2, 0.25) is 0 Å². The van der Waals surface area contributed by atoms with Crippen molar-refractivity contribution in [2.45, 2.75) is 13.8 Å². The van der Waals surface area contributed by atoms with Crippen molar-refractivity contribution in [3.05, 3.63) is 17.5 Å². The molecule has 0 fully saturated rings. The van der Waals surface area contributed by atoms with Gasteiger partial charge >= 0.3 is 0 Å². The largest absolute Gasteiger partial charge is 0.202 e. The minimum atomic E-state index is 1.16. The van der Waals surface area contributed by atoms with E-state index in [4.69, 9.17) is 0 Å². The molecular weight excluding hydrogens is 168 g/mol. The van der Waals surface area contributed by atoms with Crippen LogP contribution in [0.25, 0.3) is 0 Å². The second-order valence-electron chi connectivity index (χ2n) is 1.77. The molecule has 0 unspecified atom stereocenters. The Labute approximate surface area is 56.8 Å². The molecule has 0 aliphatic carbocycles. The molecule has 8 heavy (non-hydrogen) atoms. The summed E-state index contributed by atoms with van der Waals surface area (Å²) in [4.78, 5) is 0. The van der Waals surface area contributed by atoms with Gasteiger partial charge in [0.25, 0.3) is 0 Å². The van der Waals surface area contributed by atoms with Gasteiger partial charge in [0.05, 0.1) is 28.0 Å². The number of hydrogen-bond acceptors (Lipinski definition) is 1. The molecule has 2 nitrogen and oxygen atoms in total. The van der Waals surface area contributed by atoms with Gasteiger partial charge in [-0.3, -0.25) is 0 Å². The average Bonchev–Trinajstić information content (AvgIpc) is 1.98. The van der Waals surface area contributed by atoms with Gasteiger partial charge in [0.1, 0.15) is 0 Å². The molecular formula is C5H7BrN2. The van der Waals surface area contributed by atoms with Crippen LogP contribution in [0.4, 0.5) is 0 Å². The van der Waals surface area contributed by atoms with Gasteiger partial charge in [-0.05, 0) is 19.4 Å². The number of rotatable bonds is 0. The molecule has 0 aliphatic rings. The van der Waals surface area contributed by atoms with E-state index in [2.05, 4.69) is 21.2 Å². The van der Waals surface area contributed by atoms with Crippen LogP contribution in [0.3, 0.4) is 0 Å². The summed E-state index contributed by atoms with van der Waals surface area (Å²) in [7, 11) is 0. The van der Waals surface area contributed by atoms with E-state index < -0.39 is 0 Å². The van der Waals surface area contributed by atoms with Crippen molar-refractivity contribution in [2.75, 3.05) is 0 Å². The van der Waals surface area contributed by atoms with Crippen LogP contribution in [0.2, 0.25) is 0 Å². The Hall–Kier alpha value is -0.310. The summed E-state index contributed by atoms with van der Waals surface area (Å²) in [6, 6.07) is 0. The summed E-state index contributed by atoms with van der Waals surface area (Å²) < 4.78 is 1.68. The summed E-state index contributed by atoms with van der Waals surface area (Å²) >= 11 is 3.22. The van der Waals surface area contributed by atoms with Crippen molar-refractivity contribution < 1.29 is 0 Å². The SMILES string of the molecule is Cc1cnn(Br)c1C. The van der Waals surface area contributed by atoms with Crippen LogP contribution in [-0.2, 0) is 0 Å². The van der Waals surface area contributed by atoms with Crippen LogP contribution in [-0.4, -0.2) is 8.81 Å².